The zero-order valence-corrected chi connectivity index (χ0v) is 13.9. The average Bonchev–Trinajstić information content (AvgIpc) is 2.83. The Kier molecular flexibility index (Phi) is 4.30. The molecule has 23 heavy (non-hydrogen) atoms. The lowest BCUT2D eigenvalue weighted by Crippen LogP contribution is -2.36. The third-order valence-corrected chi connectivity index (χ3v) is 5.74. The predicted octanol–water partition coefficient (Wildman–Crippen LogP) is 3.14. The van der Waals surface area contributed by atoms with E-state index in [2.05, 4.69) is 15.3 Å². The number of rotatable bonds is 3. The van der Waals surface area contributed by atoms with Crippen LogP contribution in [-0.2, 0) is 9.59 Å². The molecule has 2 unspecified atom stereocenters. The van der Waals surface area contributed by atoms with Crippen molar-refractivity contribution in [1.82, 2.24) is 9.97 Å². The molecule has 0 saturated heterocycles. The highest BCUT2D eigenvalue weighted by molar-refractivity contribution is 7.18. The van der Waals surface area contributed by atoms with E-state index in [9.17, 15) is 14.7 Å². The lowest BCUT2D eigenvalue weighted by molar-refractivity contribution is -0.147. The smallest absolute Gasteiger partial charge is 0.307 e. The van der Waals surface area contributed by atoms with Gasteiger partial charge in [0.15, 0.2) is 0 Å². The Hall–Kier alpha value is -2.02. The fourth-order valence-electron chi connectivity index (χ4n) is 3.23. The summed E-state index contributed by atoms with van der Waals surface area (Å²) in [7, 11) is 0. The van der Waals surface area contributed by atoms with Gasteiger partial charge < -0.3 is 10.4 Å². The highest BCUT2D eigenvalue weighted by Crippen LogP contribution is 2.34. The molecule has 0 radical (unpaired) electrons. The number of nitrogens with zero attached hydrogens (tertiary/aromatic N) is 2. The molecule has 3 rings (SSSR count). The van der Waals surface area contributed by atoms with Gasteiger partial charge in [0.1, 0.15) is 17.0 Å². The first-order valence-corrected chi connectivity index (χ1v) is 8.55. The Labute approximate surface area is 138 Å². The highest BCUT2D eigenvalue weighted by atomic mass is 32.1. The van der Waals surface area contributed by atoms with Gasteiger partial charge in [0.25, 0.3) is 0 Å². The summed E-state index contributed by atoms with van der Waals surface area (Å²) in [6, 6.07) is 0. The summed E-state index contributed by atoms with van der Waals surface area (Å²) in [5.41, 5.74) is 1.05. The fraction of sp³-hybridized carbons (Fsp3) is 0.500. The standard InChI is InChI=1S/C16H19N3O3S/c1-8-9(2)23-15-12(8)13(17-7-18-15)19-14(20)10-5-3-4-6-11(10)16(21)22/h7,10-11H,3-6H2,1-2H3,(H,21,22)(H,17,18,19,20). The number of carboxylic acid groups (broad SMARTS) is 1. The number of thiophene rings is 1. The van der Waals surface area contributed by atoms with Crippen LogP contribution < -0.4 is 5.32 Å². The summed E-state index contributed by atoms with van der Waals surface area (Å²) in [6.45, 7) is 3.99. The van der Waals surface area contributed by atoms with E-state index < -0.39 is 17.8 Å². The number of fused-ring (bicyclic) bond motifs is 1. The van der Waals surface area contributed by atoms with Crippen LogP contribution in [0.5, 0.6) is 0 Å². The normalized spacial score (nSPS) is 21.3. The molecule has 2 aromatic heterocycles. The summed E-state index contributed by atoms with van der Waals surface area (Å²) in [5, 5.41) is 13.0. The maximum Gasteiger partial charge on any atom is 0.307 e. The van der Waals surface area contributed by atoms with Crippen molar-refractivity contribution in [3.8, 4) is 0 Å². The van der Waals surface area contributed by atoms with Crippen LogP contribution in [0.1, 0.15) is 36.1 Å². The van der Waals surface area contributed by atoms with Gasteiger partial charge in [-0.05, 0) is 32.3 Å². The SMILES string of the molecule is Cc1sc2ncnc(NC(=O)C3CCCCC3C(=O)O)c2c1C. The Morgan fingerprint density at radius 1 is 1.22 bits per heavy atom. The average molecular weight is 333 g/mol. The second kappa shape index (κ2) is 6.23. The molecule has 0 aliphatic heterocycles. The second-order valence-corrected chi connectivity index (χ2v) is 7.21. The van der Waals surface area contributed by atoms with Crippen molar-refractivity contribution in [2.75, 3.05) is 5.32 Å². The fourth-order valence-corrected chi connectivity index (χ4v) is 4.22. The van der Waals surface area contributed by atoms with Gasteiger partial charge >= 0.3 is 5.97 Å². The number of carbonyl (C=O) groups excluding carboxylic acids is 1. The third-order valence-electron chi connectivity index (χ3n) is 4.63. The number of nitrogens with one attached hydrogen (secondary N) is 1. The van der Waals surface area contributed by atoms with Gasteiger partial charge in [-0.15, -0.1) is 11.3 Å². The molecule has 2 heterocycles. The van der Waals surface area contributed by atoms with Crippen LogP contribution in [0, 0.1) is 25.7 Å². The van der Waals surface area contributed by atoms with Gasteiger partial charge in [0, 0.05) is 4.88 Å². The van der Waals surface area contributed by atoms with Gasteiger partial charge in [-0.3, -0.25) is 9.59 Å². The van der Waals surface area contributed by atoms with Crippen LogP contribution in [0.4, 0.5) is 5.82 Å². The number of amides is 1. The van der Waals surface area contributed by atoms with Crippen LogP contribution in [0.2, 0.25) is 0 Å². The maximum absolute atomic E-state index is 12.6. The minimum atomic E-state index is -0.889. The Morgan fingerprint density at radius 3 is 2.61 bits per heavy atom. The maximum atomic E-state index is 12.6. The lowest BCUT2D eigenvalue weighted by atomic mass is 9.78. The lowest BCUT2D eigenvalue weighted by Gasteiger charge is -2.27. The monoisotopic (exact) mass is 333 g/mol. The second-order valence-electron chi connectivity index (χ2n) is 6.01. The molecule has 1 amide bonds. The van der Waals surface area contributed by atoms with Crippen molar-refractivity contribution in [3.05, 3.63) is 16.8 Å². The summed E-state index contributed by atoms with van der Waals surface area (Å²) >= 11 is 1.56. The molecule has 1 fully saturated rings. The van der Waals surface area contributed by atoms with E-state index in [0.29, 0.717) is 18.7 Å². The third kappa shape index (κ3) is 2.93. The Balaban J connectivity index is 1.89. The first-order valence-electron chi connectivity index (χ1n) is 7.73. The highest BCUT2D eigenvalue weighted by Gasteiger charge is 2.36. The van der Waals surface area contributed by atoms with Crippen molar-refractivity contribution < 1.29 is 14.7 Å². The van der Waals surface area contributed by atoms with E-state index in [1.54, 1.807) is 11.3 Å². The molecule has 1 saturated carbocycles. The number of aryl methyl sites for hydroxylation is 2. The molecular formula is C16H19N3O3S. The zero-order chi connectivity index (χ0) is 16.6. The van der Waals surface area contributed by atoms with Crippen molar-refractivity contribution in [2.24, 2.45) is 11.8 Å². The predicted molar refractivity (Wildman–Crippen MR) is 88.6 cm³/mol. The van der Waals surface area contributed by atoms with Gasteiger partial charge in [-0.2, -0.15) is 0 Å². The van der Waals surface area contributed by atoms with E-state index >= 15 is 0 Å². The van der Waals surface area contributed by atoms with Gasteiger partial charge in [-0.1, -0.05) is 12.8 Å². The number of aliphatic carboxylic acids is 1. The molecule has 0 spiro atoms. The number of hydrogen-bond acceptors (Lipinski definition) is 5. The Morgan fingerprint density at radius 2 is 1.91 bits per heavy atom. The van der Waals surface area contributed by atoms with Crippen LogP contribution >= 0.6 is 11.3 Å². The summed E-state index contributed by atoms with van der Waals surface area (Å²) in [4.78, 5) is 34.4. The first-order chi connectivity index (χ1) is 11.0. The summed E-state index contributed by atoms with van der Waals surface area (Å²) in [5.74, 6) is -1.75. The number of carbonyl (C=O) groups is 2. The molecule has 1 aliphatic carbocycles. The molecular weight excluding hydrogens is 314 g/mol. The summed E-state index contributed by atoms with van der Waals surface area (Å²) in [6.07, 6.45) is 4.35. The molecule has 2 atom stereocenters. The van der Waals surface area contributed by atoms with Crippen molar-refractivity contribution in [2.45, 2.75) is 39.5 Å². The number of aromatic nitrogens is 2. The molecule has 2 N–H and O–H groups in total. The van der Waals surface area contributed by atoms with Gasteiger partial charge in [0.2, 0.25) is 5.91 Å². The Bertz CT molecular complexity index is 771. The van der Waals surface area contributed by atoms with Crippen LogP contribution in [0.3, 0.4) is 0 Å². The van der Waals surface area contributed by atoms with Crippen molar-refractivity contribution in [1.29, 1.82) is 0 Å². The quantitative estimate of drug-likeness (QED) is 0.900. The molecule has 2 aromatic rings. The van der Waals surface area contributed by atoms with Crippen molar-refractivity contribution in [3.63, 3.8) is 0 Å². The first kappa shape index (κ1) is 15.9. The number of carboxylic acids is 1. The van der Waals surface area contributed by atoms with Crippen LogP contribution in [0.25, 0.3) is 10.2 Å². The van der Waals surface area contributed by atoms with E-state index in [1.807, 2.05) is 13.8 Å². The van der Waals surface area contributed by atoms with E-state index in [1.165, 1.54) is 6.33 Å². The van der Waals surface area contributed by atoms with E-state index in [0.717, 1.165) is 33.5 Å². The van der Waals surface area contributed by atoms with E-state index in [-0.39, 0.29) is 5.91 Å². The number of hydrogen-bond donors (Lipinski definition) is 2. The minimum absolute atomic E-state index is 0.250. The molecule has 0 bridgehead atoms. The van der Waals surface area contributed by atoms with Gasteiger partial charge in [-0.25, -0.2) is 9.97 Å². The number of anilines is 1. The van der Waals surface area contributed by atoms with Crippen LogP contribution in [0.15, 0.2) is 6.33 Å². The topological polar surface area (TPSA) is 92.2 Å². The zero-order valence-electron chi connectivity index (χ0n) is 13.1. The molecule has 1 aliphatic rings. The molecule has 6 nitrogen and oxygen atoms in total. The van der Waals surface area contributed by atoms with Crippen LogP contribution in [-0.4, -0.2) is 27.0 Å². The van der Waals surface area contributed by atoms with E-state index in [4.69, 9.17) is 0 Å². The molecule has 0 aromatic carbocycles. The molecule has 122 valence electrons. The van der Waals surface area contributed by atoms with Crippen molar-refractivity contribution >= 4 is 39.2 Å². The summed E-state index contributed by atoms with van der Waals surface area (Å²) < 4.78 is 0. The van der Waals surface area contributed by atoms with Gasteiger partial charge in [0.05, 0.1) is 17.2 Å². The largest absolute Gasteiger partial charge is 0.481 e. The minimum Gasteiger partial charge on any atom is -0.481 e. The molecule has 7 heteroatoms.